The molecule has 0 amide bonds. The molecule has 0 fully saturated rings. The molecule has 1 unspecified atom stereocenters. The molecule has 56 valence electrons. The molecule has 1 atom stereocenters. The van der Waals surface area contributed by atoms with Gasteiger partial charge in [0, 0.05) is 0 Å². The first kappa shape index (κ1) is 7.70. The molecule has 0 radical (unpaired) electrons. The van der Waals surface area contributed by atoms with Gasteiger partial charge in [-0.3, -0.25) is 0 Å². The van der Waals surface area contributed by atoms with Crippen LogP contribution in [-0.2, 0) is 0 Å². The van der Waals surface area contributed by atoms with Crippen LogP contribution >= 0.6 is 0 Å². The Hall–Kier alpha value is -1.40. The SMILES string of the molecule is CC(N=C=N)c1ccccc1. The van der Waals surface area contributed by atoms with E-state index in [0.717, 1.165) is 5.56 Å². The summed E-state index contributed by atoms with van der Waals surface area (Å²) >= 11 is 0. The van der Waals surface area contributed by atoms with Crippen molar-refractivity contribution in [1.82, 2.24) is 0 Å². The number of aliphatic imine (C=N–C) groups is 1. The van der Waals surface area contributed by atoms with E-state index in [0.29, 0.717) is 0 Å². The van der Waals surface area contributed by atoms with Crippen LogP contribution in [0.4, 0.5) is 0 Å². The Labute approximate surface area is 66.1 Å². The van der Waals surface area contributed by atoms with Gasteiger partial charge in [0.05, 0.1) is 12.1 Å². The van der Waals surface area contributed by atoms with Gasteiger partial charge >= 0.3 is 0 Å². The molecule has 0 aromatic heterocycles. The zero-order valence-electron chi connectivity index (χ0n) is 6.41. The largest absolute Gasteiger partial charge is 0.242 e. The molecular formula is C9H10N2. The Kier molecular flexibility index (Phi) is 2.59. The molecule has 0 aliphatic rings. The number of rotatable bonds is 2. The fraction of sp³-hybridized carbons (Fsp3) is 0.222. The summed E-state index contributed by atoms with van der Waals surface area (Å²) in [5, 5.41) is 6.67. The van der Waals surface area contributed by atoms with Gasteiger partial charge in [-0.25, -0.2) is 10.4 Å². The van der Waals surface area contributed by atoms with Gasteiger partial charge in [0.1, 0.15) is 0 Å². The lowest BCUT2D eigenvalue weighted by atomic mass is 10.1. The number of nitrogens with one attached hydrogen (secondary N) is 1. The van der Waals surface area contributed by atoms with Gasteiger partial charge in [0.2, 0.25) is 0 Å². The van der Waals surface area contributed by atoms with Gasteiger partial charge in [-0.2, -0.15) is 0 Å². The van der Waals surface area contributed by atoms with E-state index in [9.17, 15) is 0 Å². The number of benzene rings is 1. The van der Waals surface area contributed by atoms with E-state index in [1.165, 1.54) is 0 Å². The maximum atomic E-state index is 6.67. The summed E-state index contributed by atoms with van der Waals surface area (Å²) in [5.41, 5.74) is 1.12. The number of hydrogen-bond acceptors (Lipinski definition) is 2. The van der Waals surface area contributed by atoms with Crippen LogP contribution in [0.1, 0.15) is 18.5 Å². The summed E-state index contributed by atoms with van der Waals surface area (Å²) in [5.74, 6) is 0. The third-order valence-corrected chi connectivity index (χ3v) is 1.54. The molecule has 1 N–H and O–H groups in total. The molecule has 1 rings (SSSR count). The summed E-state index contributed by atoms with van der Waals surface area (Å²) in [7, 11) is 0. The lowest BCUT2D eigenvalue weighted by Gasteiger charge is -2.02. The summed E-state index contributed by atoms with van der Waals surface area (Å²) in [6.07, 6.45) is 0. The van der Waals surface area contributed by atoms with E-state index in [1.807, 2.05) is 43.3 Å². The van der Waals surface area contributed by atoms with Crippen molar-refractivity contribution in [2.75, 3.05) is 0 Å². The second-order valence-corrected chi connectivity index (χ2v) is 2.33. The highest BCUT2D eigenvalue weighted by Crippen LogP contribution is 2.14. The minimum atomic E-state index is 0.0497. The maximum absolute atomic E-state index is 6.67. The summed E-state index contributed by atoms with van der Waals surface area (Å²) < 4.78 is 0. The third kappa shape index (κ3) is 2.03. The average molecular weight is 146 g/mol. The van der Waals surface area contributed by atoms with Crippen LogP contribution < -0.4 is 0 Å². The smallest absolute Gasteiger partial charge is 0.0868 e. The van der Waals surface area contributed by atoms with E-state index >= 15 is 0 Å². The van der Waals surface area contributed by atoms with Crippen molar-refractivity contribution < 1.29 is 0 Å². The van der Waals surface area contributed by atoms with Gasteiger partial charge in [0.25, 0.3) is 0 Å². The Morgan fingerprint density at radius 2 is 2.00 bits per heavy atom. The van der Waals surface area contributed by atoms with Crippen LogP contribution in [0.25, 0.3) is 0 Å². The van der Waals surface area contributed by atoms with Gasteiger partial charge in [-0.1, -0.05) is 30.3 Å². The molecule has 2 heteroatoms. The Morgan fingerprint density at radius 1 is 1.36 bits per heavy atom. The lowest BCUT2D eigenvalue weighted by Crippen LogP contribution is -1.86. The lowest BCUT2D eigenvalue weighted by molar-refractivity contribution is 0.825. The highest BCUT2D eigenvalue weighted by Gasteiger charge is 1.98. The quantitative estimate of drug-likeness (QED) is 0.622. The Bertz CT molecular complexity index is 260. The molecule has 0 aliphatic carbocycles. The molecular weight excluding hydrogens is 136 g/mol. The van der Waals surface area contributed by atoms with Crippen LogP contribution in [0.15, 0.2) is 35.3 Å². The molecule has 0 spiro atoms. The second kappa shape index (κ2) is 3.69. The molecule has 11 heavy (non-hydrogen) atoms. The monoisotopic (exact) mass is 146 g/mol. The topological polar surface area (TPSA) is 36.2 Å². The van der Waals surface area contributed by atoms with Gasteiger partial charge in [-0.05, 0) is 12.5 Å². The van der Waals surface area contributed by atoms with Crippen LogP contribution in [0.2, 0.25) is 0 Å². The highest BCUT2D eigenvalue weighted by molar-refractivity contribution is 5.37. The van der Waals surface area contributed by atoms with E-state index in [2.05, 4.69) is 4.99 Å². The molecule has 0 bridgehead atoms. The first-order chi connectivity index (χ1) is 5.34. The van der Waals surface area contributed by atoms with Crippen molar-refractivity contribution in [3.8, 4) is 0 Å². The predicted molar refractivity (Wildman–Crippen MR) is 45.0 cm³/mol. The predicted octanol–water partition coefficient (Wildman–Crippen LogP) is 2.50. The van der Waals surface area contributed by atoms with E-state index in [-0.39, 0.29) is 6.04 Å². The van der Waals surface area contributed by atoms with Gasteiger partial charge in [-0.15, -0.1) is 0 Å². The van der Waals surface area contributed by atoms with Crippen molar-refractivity contribution >= 4 is 6.01 Å². The summed E-state index contributed by atoms with van der Waals surface area (Å²) in [4.78, 5) is 3.81. The molecule has 0 saturated heterocycles. The van der Waals surface area contributed by atoms with Crippen molar-refractivity contribution in [3.05, 3.63) is 35.9 Å². The van der Waals surface area contributed by atoms with Crippen molar-refractivity contribution in [2.24, 2.45) is 4.99 Å². The van der Waals surface area contributed by atoms with E-state index in [1.54, 1.807) is 0 Å². The molecule has 0 saturated carbocycles. The summed E-state index contributed by atoms with van der Waals surface area (Å²) in [6.45, 7) is 1.94. The molecule has 1 aromatic carbocycles. The van der Waals surface area contributed by atoms with Gasteiger partial charge in [0.15, 0.2) is 0 Å². The first-order valence-electron chi connectivity index (χ1n) is 3.51. The number of hydrogen-bond donors (Lipinski definition) is 1. The first-order valence-corrected chi connectivity index (χ1v) is 3.51. The normalized spacial score (nSPS) is 11.7. The third-order valence-electron chi connectivity index (χ3n) is 1.54. The zero-order valence-corrected chi connectivity index (χ0v) is 6.41. The fourth-order valence-electron chi connectivity index (χ4n) is 0.903. The average Bonchev–Trinajstić information content (AvgIpc) is 2.07. The fourth-order valence-corrected chi connectivity index (χ4v) is 0.903. The van der Waals surface area contributed by atoms with Crippen LogP contribution in [0.5, 0.6) is 0 Å². The van der Waals surface area contributed by atoms with Crippen molar-refractivity contribution in [3.63, 3.8) is 0 Å². The highest BCUT2D eigenvalue weighted by atomic mass is 14.8. The zero-order chi connectivity index (χ0) is 8.10. The van der Waals surface area contributed by atoms with Crippen molar-refractivity contribution in [1.29, 1.82) is 5.41 Å². The Morgan fingerprint density at radius 3 is 2.55 bits per heavy atom. The molecule has 0 heterocycles. The minimum absolute atomic E-state index is 0.0497. The molecule has 0 aliphatic heterocycles. The minimum Gasteiger partial charge on any atom is -0.242 e. The molecule has 1 aromatic rings. The Balaban J connectivity index is 2.84. The van der Waals surface area contributed by atoms with E-state index < -0.39 is 0 Å². The van der Waals surface area contributed by atoms with Crippen LogP contribution in [-0.4, -0.2) is 6.01 Å². The molecule has 2 nitrogen and oxygen atoms in total. The standard InChI is InChI=1S/C9H10N2/c1-8(11-7-10)9-5-3-2-4-6-9/h2-6,8,10H,1H3. The van der Waals surface area contributed by atoms with E-state index in [4.69, 9.17) is 5.41 Å². The summed E-state index contributed by atoms with van der Waals surface area (Å²) in [6, 6.07) is 12.0. The second-order valence-electron chi connectivity index (χ2n) is 2.33. The number of nitrogens with zero attached hydrogens (tertiary/aromatic N) is 1. The van der Waals surface area contributed by atoms with Crippen LogP contribution in [0.3, 0.4) is 0 Å². The maximum Gasteiger partial charge on any atom is 0.0868 e. The van der Waals surface area contributed by atoms with Crippen LogP contribution in [0, 0.1) is 5.41 Å². The van der Waals surface area contributed by atoms with Gasteiger partial charge < -0.3 is 0 Å². The van der Waals surface area contributed by atoms with Crippen molar-refractivity contribution in [2.45, 2.75) is 13.0 Å².